The summed E-state index contributed by atoms with van der Waals surface area (Å²) < 4.78 is 26.6. The number of H-pyrrole nitrogens is 1. The second-order valence-corrected chi connectivity index (χ2v) is 10.8. The molecule has 0 aliphatic carbocycles. The maximum Gasteiger partial charge on any atom is 0.243 e. The van der Waals surface area contributed by atoms with Gasteiger partial charge in [-0.25, -0.2) is 8.42 Å². The Bertz CT molecular complexity index is 1400. The number of carbonyl (C=O) groups is 1. The highest BCUT2D eigenvalue weighted by atomic mass is 32.2. The predicted octanol–water partition coefficient (Wildman–Crippen LogP) is 3.80. The van der Waals surface area contributed by atoms with Gasteiger partial charge in [-0.1, -0.05) is 48.5 Å². The quantitative estimate of drug-likeness (QED) is 0.374. The number of likely N-dealkylation sites (N-methyl/N-ethyl adjacent to an activating group) is 1. The van der Waals surface area contributed by atoms with Crippen LogP contribution in [-0.4, -0.2) is 57.8 Å². The summed E-state index contributed by atoms with van der Waals surface area (Å²) in [5.74, 6) is -0.468. The van der Waals surface area contributed by atoms with Crippen LogP contribution in [-0.2, 0) is 14.8 Å². The molecule has 0 bridgehead atoms. The maximum atomic E-state index is 12.8. The van der Waals surface area contributed by atoms with Crippen molar-refractivity contribution >= 4 is 32.5 Å². The summed E-state index contributed by atoms with van der Waals surface area (Å²) in [5.41, 5.74) is 4.25. The second-order valence-electron chi connectivity index (χ2n) is 8.71. The molecular formula is C27H30N4O3S. The lowest BCUT2D eigenvalue weighted by molar-refractivity contribution is -0.121. The number of rotatable bonds is 9. The van der Waals surface area contributed by atoms with Crippen molar-refractivity contribution in [3.8, 4) is 0 Å². The van der Waals surface area contributed by atoms with Gasteiger partial charge < -0.3 is 15.2 Å². The van der Waals surface area contributed by atoms with Gasteiger partial charge in [0.25, 0.3) is 0 Å². The lowest BCUT2D eigenvalue weighted by Crippen LogP contribution is -2.39. The van der Waals surface area contributed by atoms with Crippen molar-refractivity contribution in [2.45, 2.75) is 10.8 Å². The van der Waals surface area contributed by atoms with E-state index in [1.807, 2.05) is 43.4 Å². The normalized spacial score (nSPS) is 12.6. The number of amides is 1. The van der Waals surface area contributed by atoms with Gasteiger partial charge in [0.1, 0.15) is 0 Å². The van der Waals surface area contributed by atoms with E-state index in [9.17, 15) is 13.2 Å². The number of aromatic amines is 1. The van der Waals surface area contributed by atoms with E-state index in [2.05, 4.69) is 40.6 Å². The van der Waals surface area contributed by atoms with Gasteiger partial charge in [-0.05, 0) is 41.5 Å². The number of para-hydroxylation sites is 1. The van der Waals surface area contributed by atoms with Crippen LogP contribution in [0.25, 0.3) is 10.9 Å². The molecule has 1 amide bonds. The van der Waals surface area contributed by atoms with Crippen molar-refractivity contribution in [2.75, 3.05) is 39.1 Å². The number of hydrogen-bond acceptors (Lipinski definition) is 4. The topological polar surface area (TPSA) is 85.5 Å². The number of anilines is 1. The molecule has 0 unspecified atom stereocenters. The highest BCUT2D eigenvalue weighted by molar-refractivity contribution is 7.89. The molecule has 0 saturated heterocycles. The van der Waals surface area contributed by atoms with Crippen LogP contribution in [0.1, 0.15) is 17.0 Å². The van der Waals surface area contributed by atoms with Crippen molar-refractivity contribution in [1.29, 1.82) is 0 Å². The fourth-order valence-corrected chi connectivity index (χ4v) is 5.27. The lowest BCUT2D eigenvalue weighted by atomic mass is 9.90. The standard InChI is InChI=1S/C27H30N4O3S/c1-30(2)21-15-13-20(14-16-21)24(25-18-28-26-12-8-7-11-23(25)26)17-29-27(32)19-31(3)35(33,34)22-9-5-4-6-10-22/h4-16,18,24,28H,17,19H2,1-3H3,(H,29,32)/t24-/m1/s1. The summed E-state index contributed by atoms with van der Waals surface area (Å²) in [7, 11) is 1.65. The molecule has 0 fully saturated rings. The van der Waals surface area contributed by atoms with E-state index in [-0.39, 0.29) is 23.3 Å². The largest absolute Gasteiger partial charge is 0.378 e. The number of nitrogens with zero attached hydrogens (tertiary/aromatic N) is 2. The Labute approximate surface area is 206 Å². The van der Waals surface area contributed by atoms with Crippen LogP contribution in [0.3, 0.4) is 0 Å². The predicted molar refractivity (Wildman–Crippen MR) is 140 cm³/mol. The molecule has 4 rings (SSSR count). The molecule has 1 aromatic heterocycles. The Morgan fingerprint density at radius 2 is 1.57 bits per heavy atom. The number of fused-ring (bicyclic) bond motifs is 1. The smallest absolute Gasteiger partial charge is 0.243 e. The number of hydrogen-bond donors (Lipinski definition) is 2. The first-order valence-corrected chi connectivity index (χ1v) is 12.8. The van der Waals surface area contributed by atoms with Gasteiger partial charge in [-0.15, -0.1) is 0 Å². The number of aromatic nitrogens is 1. The minimum Gasteiger partial charge on any atom is -0.378 e. The molecule has 8 heteroatoms. The molecule has 1 heterocycles. The molecule has 182 valence electrons. The first-order chi connectivity index (χ1) is 16.8. The molecule has 0 spiro atoms. The van der Waals surface area contributed by atoms with E-state index in [4.69, 9.17) is 0 Å². The highest BCUT2D eigenvalue weighted by Crippen LogP contribution is 2.31. The Morgan fingerprint density at radius 1 is 0.914 bits per heavy atom. The SMILES string of the molecule is CN(C)c1ccc([C@@H](CNC(=O)CN(C)S(=O)(=O)c2ccccc2)c2c[nH]c3ccccc23)cc1. The van der Waals surface area contributed by atoms with Crippen molar-refractivity contribution < 1.29 is 13.2 Å². The molecule has 35 heavy (non-hydrogen) atoms. The molecule has 0 saturated carbocycles. The van der Waals surface area contributed by atoms with Gasteiger partial charge >= 0.3 is 0 Å². The van der Waals surface area contributed by atoms with Crippen LogP contribution in [0.2, 0.25) is 0 Å². The van der Waals surface area contributed by atoms with Crippen molar-refractivity contribution in [1.82, 2.24) is 14.6 Å². The summed E-state index contributed by atoms with van der Waals surface area (Å²) in [6.45, 7) is 0.0681. The average Bonchev–Trinajstić information content (AvgIpc) is 3.29. The first-order valence-electron chi connectivity index (χ1n) is 11.4. The molecule has 0 radical (unpaired) electrons. The number of carbonyl (C=O) groups excluding carboxylic acids is 1. The van der Waals surface area contributed by atoms with E-state index in [0.717, 1.165) is 32.0 Å². The van der Waals surface area contributed by atoms with E-state index in [1.54, 1.807) is 18.2 Å². The van der Waals surface area contributed by atoms with Crippen LogP contribution in [0.4, 0.5) is 5.69 Å². The van der Waals surface area contributed by atoms with Crippen LogP contribution < -0.4 is 10.2 Å². The van der Waals surface area contributed by atoms with E-state index in [1.165, 1.54) is 19.2 Å². The van der Waals surface area contributed by atoms with Crippen LogP contribution in [0, 0.1) is 0 Å². The van der Waals surface area contributed by atoms with Gasteiger partial charge in [0.2, 0.25) is 15.9 Å². The molecule has 0 aliphatic rings. The molecule has 2 N–H and O–H groups in total. The zero-order valence-corrected chi connectivity index (χ0v) is 20.9. The fourth-order valence-electron chi connectivity index (χ4n) is 4.13. The third-order valence-corrected chi connectivity index (χ3v) is 7.95. The lowest BCUT2D eigenvalue weighted by Gasteiger charge is -2.21. The minimum atomic E-state index is -3.75. The third kappa shape index (κ3) is 5.39. The number of nitrogens with one attached hydrogen (secondary N) is 2. The number of benzene rings is 3. The van der Waals surface area contributed by atoms with E-state index in [0.29, 0.717) is 6.54 Å². The molecule has 4 aromatic rings. The van der Waals surface area contributed by atoms with Gasteiger partial charge in [0, 0.05) is 56.4 Å². The first kappa shape index (κ1) is 24.5. The fraction of sp³-hybridized carbons (Fsp3) is 0.222. The summed E-state index contributed by atoms with van der Waals surface area (Å²) in [4.78, 5) is 18.3. The zero-order chi connectivity index (χ0) is 25.0. The van der Waals surface area contributed by atoms with Gasteiger partial charge in [0.05, 0.1) is 11.4 Å². The highest BCUT2D eigenvalue weighted by Gasteiger charge is 2.24. The zero-order valence-electron chi connectivity index (χ0n) is 20.1. The Hall–Kier alpha value is -3.62. The molecule has 0 aliphatic heterocycles. The summed E-state index contributed by atoms with van der Waals surface area (Å²) in [6, 6.07) is 24.4. The average molecular weight is 491 g/mol. The van der Waals surface area contributed by atoms with Crippen molar-refractivity contribution in [2.24, 2.45) is 0 Å². The molecule has 3 aromatic carbocycles. The van der Waals surface area contributed by atoms with Gasteiger partial charge in [-0.3, -0.25) is 4.79 Å². The maximum absolute atomic E-state index is 12.8. The summed E-state index contributed by atoms with van der Waals surface area (Å²) in [6.07, 6.45) is 1.98. The Balaban J connectivity index is 1.54. The molecule has 1 atom stereocenters. The van der Waals surface area contributed by atoms with Crippen molar-refractivity contribution in [3.05, 3.63) is 96.2 Å². The molecular weight excluding hydrogens is 460 g/mol. The molecule has 7 nitrogen and oxygen atoms in total. The van der Waals surface area contributed by atoms with Gasteiger partial charge in [0.15, 0.2) is 0 Å². The third-order valence-electron chi connectivity index (χ3n) is 6.13. The minimum absolute atomic E-state index is 0.109. The van der Waals surface area contributed by atoms with Crippen LogP contribution in [0.5, 0.6) is 0 Å². The van der Waals surface area contributed by atoms with E-state index >= 15 is 0 Å². The van der Waals surface area contributed by atoms with E-state index < -0.39 is 10.0 Å². The summed E-state index contributed by atoms with van der Waals surface area (Å²) in [5, 5.41) is 4.05. The second kappa shape index (κ2) is 10.3. The van der Waals surface area contributed by atoms with Crippen LogP contribution in [0.15, 0.2) is 90.0 Å². The summed E-state index contributed by atoms with van der Waals surface area (Å²) >= 11 is 0. The Morgan fingerprint density at radius 3 is 2.26 bits per heavy atom. The Kier molecular flexibility index (Phi) is 7.23. The van der Waals surface area contributed by atoms with Crippen LogP contribution >= 0.6 is 0 Å². The van der Waals surface area contributed by atoms with Gasteiger partial charge in [-0.2, -0.15) is 4.31 Å². The number of sulfonamides is 1. The van der Waals surface area contributed by atoms with Crippen molar-refractivity contribution in [3.63, 3.8) is 0 Å². The monoisotopic (exact) mass is 490 g/mol.